The fourth-order valence-corrected chi connectivity index (χ4v) is 2.07. The summed E-state index contributed by atoms with van der Waals surface area (Å²) in [6.45, 7) is 0.389. The van der Waals surface area contributed by atoms with E-state index in [2.05, 4.69) is 20.6 Å². The lowest BCUT2D eigenvalue weighted by Gasteiger charge is -2.11. The van der Waals surface area contributed by atoms with E-state index in [0.717, 1.165) is 18.5 Å². The lowest BCUT2D eigenvalue weighted by molar-refractivity contribution is 0.311. The number of hydrogen-bond acceptors (Lipinski definition) is 5. The third-order valence-electron chi connectivity index (χ3n) is 3.27. The van der Waals surface area contributed by atoms with Crippen molar-refractivity contribution in [3.8, 4) is 0 Å². The second-order valence-corrected chi connectivity index (χ2v) is 5.03. The summed E-state index contributed by atoms with van der Waals surface area (Å²) in [7, 11) is 0. The van der Waals surface area contributed by atoms with Gasteiger partial charge in [-0.1, -0.05) is 12.1 Å². The van der Waals surface area contributed by atoms with Crippen LogP contribution < -0.4 is 10.6 Å². The van der Waals surface area contributed by atoms with E-state index in [1.807, 2.05) is 6.07 Å². The largest absolute Gasteiger partial charge is 0.395 e. The Morgan fingerprint density at radius 2 is 2.05 bits per heavy atom. The molecule has 3 N–H and O–H groups in total. The maximum absolute atomic E-state index is 13.7. The number of aliphatic hydroxyl groups excluding tert-OH is 1. The Kier molecular flexibility index (Phi) is 3.96. The fourth-order valence-electron chi connectivity index (χ4n) is 2.07. The lowest BCUT2D eigenvalue weighted by atomic mass is 10.2. The van der Waals surface area contributed by atoms with Gasteiger partial charge >= 0.3 is 0 Å². The van der Waals surface area contributed by atoms with Crippen LogP contribution in [-0.2, 0) is 0 Å². The fraction of sp³-hybridized carbons (Fsp3) is 0.333. The number of anilines is 3. The summed E-state index contributed by atoms with van der Waals surface area (Å²) < 4.78 is 13.7. The van der Waals surface area contributed by atoms with E-state index in [1.165, 1.54) is 6.07 Å². The highest BCUT2D eigenvalue weighted by atomic mass is 19.1. The molecule has 0 saturated heterocycles. The van der Waals surface area contributed by atoms with Gasteiger partial charge in [0, 0.05) is 18.5 Å². The summed E-state index contributed by atoms with van der Waals surface area (Å²) in [5, 5.41) is 14.8. The number of halogens is 1. The SMILES string of the molecule is OCCNc1nc(Nc2ccccc2F)cc(C2CC2)n1. The molecule has 1 heterocycles. The topological polar surface area (TPSA) is 70.1 Å². The molecular weight excluding hydrogens is 271 g/mol. The van der Waals surface area contributed by atoms with Gasteiger partial charge in [-0.25, -0.2) is 9.37 Å². The number of aliphatic hydroxyl groups is 1. The van der Waals surface area contributed by atoms with Crippen molar-refractivity contribution in [1.82, 2.24) is 9.97 Å². The van der Waals surface area contributed by atoms with Gasteiger partial charge in [0.1, 0.15) is 11.6 Å². The van der Waals surface area contributed by atoms with Crippen LogP contribution in [0.3, 0.4) is 0 Å². The number of para-hydroxylation sites is 1. The van der Waals surface area contributed by atoms with Crippen molar-refractivity contribution < 1.29 is 9.50 Å². The molecule has 1 aromatic carbocycles. The number of nitrogens with one attached hydrogen (secondary N) is 2. The number of nitrogens with zero attached hydrogens (tertiary/aromatic N) is 2. The third-order valence-corrected chi connectivity index (χ3v) is 3.27. The van der Waals surface area contributed by atoms with Crippen molar-refractivity contribution >= 4 is 17.5 Å². The van der Waals surface area contributed by atoms with Crippen molar-refractivity contribution in [2.24, 2.45) is 0 Å². The molecule has 21 heavy (non-hydrogen) atoms. The van der Waals surface area contributed by atoms with Crippen molar-refractivity contribution in [2.45, 2.75) is 18.8 Å². The highest BCUT2D eigenvalue weighted by molar-refractivity contribution is 5.58. The average Bonchev–Trinajstić information content (AvgIpc) is 3.32. The van der Waals surface area contributed by atoms with E-state index in [1.54, 1.807) is 18.2 Å². The Hall–Kier alpha value is -2.21. The molecule has 0 radical (unpaired) electrons. The lowest BCUT2D eigenvalue weighted by Crippen LogP contribution is -2.10. The van der Waals surface area contributed by atoms with Crippen molar-refractivity contribution in [3.63, 3.8) is 0 Å². The Labute approximate surface area is 122 Å². The molecule has 1 aliphatic carbocycles. The minimum Gasteiger partial charge on any atom is -0.395 e. The number of hydrogen-bond donors (Lipinski definition) is 3. The predicted molar refractivity (Wildman–Crippen MR) is 79.3 cm³/mol. The molecule has 0 spiro atoms. The molecule has 6 heteroatoms. The first kappa shape index (κ1) is 13.8. The molecule has 2 aromatic rings. The smallest absolute Gasteiger partial charge is 0.224 e. The van der Waals surface area contributed by atoms with Gasteiger partial charge in [-0.3, -0.25) is 0 Å². The van der Waals surface area contributed by atoms with Gasteiger partial charge in [0.15, 0.2) is 0 Å². The normalized spacial score (nSPS) is 14.0. The third kappa shape index (κ3) is 3.46. The zero-order valence-electron chi connectivity index (χ0n) is 11.5. The minimum absolute atomic E-state index is 0.00704. The van der Waals surface area contributed by atoms with Crippen molar-refractivity contribution in [1.29, 1.82) is 0 Å². The van der Waals surface area contributed by atoms with Gasteiger partial charge in [-0.05, 0) is 25.0 Å². The van der Waals surface area contributed by atoms with E-state index >= 15 is 0 Å². The summed E-state index contributed by atoms with van der Waals surface area (Å²) in [5.74, 6) is 1.14. The number of benzene rings is 1. The van der Waals surface area contributed by atoms with Gasteiger partial charge in [-0.15, -0.1) is 0 Å². The highest BCUT2D eigenvalue weighted by Crippen LogP contribution is 2.40. The summed E-state index contributed by atoms with van der Waals surface area (Å²) >= 11 is 0. The Bertz CT molecular complexity index is 631. The van der Waals surface area contributed by atoms with Gasteiger partial charge in [0.25, 0.3) is 0 Å². The monoisotopic (exact) mass is 288 g/mol. The van der Waals surface area contributed by atoms with Crippen LogP contribution >= 0.6 is 0 Å². The standard InChI is InChI=1S/C15H17FN4O/c16-11-3-1-2-4-12(11)18-14-9-13(10-5-6-10)19-15(20-14)17-7-8-21/h1-4,9-10,21H,5-8H2,(H2,17,18,19,20). The molecule has 1 fully saturated rings. The first-order chi connectivity index (χ1) is 10.3. The molecule has 110 valence electrons. The van der Waals surface area contributed by atoms with Crippen LogP contribution in [0.15, 0.2) is 30.3 Å². The minimum atomic E-state index is -0.325. The van der Waals surface area contributed by atoms with Crippen LogP contribution in [0.2, 0.25) is 0 Å². The molecule has 5 nitrogen and oxygen atoms in total. The number of rotatable bonds is 6. The van der Waals surface area contributed by atoms with E-state index in [9.17, 15) is 4.39 Å². The molecule has 0 unspecified atom stereocenters. The first-order valence-corrected chi connectivity index (χ1v) is 7.01. The van der Waals surface area contributed by atoms with Crippen LogP contribution in [0.25, 0.3) is 0 Å². The summed E-state index contributed by atoms with van der Waals surface area (Å²) in [4.78, 5) is 8.74. The maximum atomic E-state index is 13.7. The molecule has 1 aliphatic rings. The quantitative estimate of drug-likeness (QED) is 0.762. The van der Waals surface area contributed by atoms with E-state index in [-0.39, 0.29) is 12.4 Å². The first-order valence-electron chi connectivity index (χ1n) is 7.01. The molecule has 1 saturated carbocycles. The summed E-state index contributed by atoms with van der Waals surface area (Å²) in [5.41, 5.74) is 1.33. The molecule has 0 atom stereocenters. The van der Waals surface area contributed by atoms with E-state index in [0.29, 0.717) is 29.9 Å². The zero-order chi connectivity index (χ0) is 14.7. The molecule has 0 amide bonds. The second kappa shape index (κ2) is 6.05. The maximum Gasteiger partial charge on any atom is 0.224 e. The average molecular weight is 288 g/mol. The molecular formula is C15H17FN4O. The van der Waals surface area contributed by atoms with Gasteiger partial charge in [-0.2, -0.15) is 4.98 Å². The Morgan fingerprint density at radius 3 is 2.76 bits per heavy atom. The van der Waals surface area contributed by atoms with Gasteiger partial charge in [0.2, 0.25) is 5.95 Å². The van der Waals surface area contributed by atoms with Crippen LogP contribution in [-0.4, -0.2) is 28.2 Å². The van der Waals surface area contributed by atoms with Crippen LogP contribution in [0, 0.1) is 5.82 Å². The molecule has 0 aliphatic heterocycles. The van der Waals surface area contributed by atoms with Crippen molar-refractivity contribution in [3.05, 3.63) is 41.8 Å². The second-order valence-electron chi connectivity index (χ2n) is 5.03. The summed E-state index contributed by atoms with van der Waals surface area (Å²) in [6, 6.07) is 8.32. The van der Waals surface area contributed by atoms with E-state index < -0.39 is 0 Å². The predicted octanol–water partition coefficient (Wildman–Crippen LogP) is 2.64. The Balaban J connectivity index is 1.86. The molecule has 0 bridgehead atoms. The van der Waals surface area contributed by atoms with Gasteiger partial charge < -0.3 is 15.7 Å². The highest BCUT2D eigenvalue weighted by Gasteiger charge is 2.26. The van der Waals surface area contributed by atoms with Crippen molar-refractivity contribution in [2.75, 3.05) is 23.8 Å². The van der Waals surface area contributed by atoms with Gasteiger partial charge in [0.05, 0.1) is 18.0 Å². The summed E-state index contributed by atoms with van der Waals surface area (Å²) in [6.07, 6.45) is 2.24. The Morgan fingerprint density at radius 1 is 1.24 bits per heavy atom. The van der Waals surface area contributed by atoms with Crippen LogP contribution in [0.5, 0.6) is 0 Å². The molecule has 1 aromatic heterocycles. The van der Waals surface area contributed by atoms with Crippen LogP contribution in [0.1, 0.15) is 24.5 Å². The number of aromatic nitrogens is 2. The zero-order valence-corrected chi connectivity index (χ0v) is 11.5. The van der Waals surface area contributed by atoms with Crippen LogP contribution in [0.4, 0.5) is 21.8 Å². The molecule has 3 rings (SSSR count). The van der Waals surface area contributed by atoms with E-state index in [4.69, 9.17) is 5.11 Å².